The molecule has 2 N–H and O–H groups in total. The van der Waals surface area contributed by atoms with E-state index in [2.05, 4.69) is 5.32 Å². The van der Waals surface area contributed by atoms with E-state index in [1.807, 2.05) is 19.9 Å². The van der Waals surface area contributed by atoms with Crippen molar-refractivity contribution in [3.63, 3.8) is 0 Å². The predicted molar refractivity (Wildman–Crippen MR) is 86.6 cm³/mol. The van der Waals surface area contributed by atoms with E-state index in [-0.39, 0.29) is 30.3 Å². The minimum absolute atomic E-state index is 0.0270. The van der Waals surface area contributed by atoms with Gasteiger partial charge in [0.25, 0.3) is 0 Å². The largest absolute Gasteiger partial charge is 0.396 e. The van der Waals surface area contributed by atoms with Crippen LogP contribution in [0.25, 0.3) is 0 Å². The second-order valence-electron chi connectivity index (χ2n) is 6.54. The van der Waals surface area contributed by atoms with Crippen LogP contribution in [-0.4, -0.2) is 36.9 Å². The third-order valence-corrected chi connectivity index (χ3v) is 4.72. The monoisotopic (exact) mass is 323 g/mol. The maximum Gasteiger partial charge on any atom is 0.231 e. The fourth-order valence-electron chi connectivity index (χ4n) is 3.17. The lowest BCUT2D eigenvalue weighted by atomic mass is 9.73. The Labute approximate surface area is 137 Å². The zero-order valence-electron chi connectivity index (χ0n) is 13.8. The van der Waals surface area contributed by atoms with Gasteiger partial charge in [-0.15, -0.1) is 0 Å². The fourth-order valence-corrected chi connectivity index (χ4v) is 3.17. The molecule has 0 radical (unpaired) electrons. The molecule has 2 rings (SSSR count). The molecule has 1 aromatic carbocycles. The van der Waals surface area contributed by atoms with Crippen LogP contribution in [0.3, 0.4) is 0 Å². The summed E-state index contributed by atoms with van der Waals surface area (Å²) in [4.78, 5) is 13.1. The Kier molecular flexibility index (Phi) is 6.13. The number of carbonyl (C=O) groups excluding carboxylic acids is 1. The molecule has 1 aliphatic rings. The van der Waals surface area contributed by atoms with E-state index in [9.17, 15) is 14.3 Å². The second kappa shape index (κ2) is 7.88. The van der Waals surface area contributed by atoms with Gasteiger partial charge in [0, 0.05) is 25.9 Å². The molecule has 1 heterocycles. The lowest BCUT2D eigenvalue weighted by Gasteiger charge is -2.38. The average Bonchev–Trinajstić information content (AvgIpc) is 2.54. The normalized spacial score (nSPS) is 18.7. The van der Waals surface area contributed by atoms with Crippen LogP contribution in [-0.2, 0) is 14.9 Å². The Morgan fingerprint density at radius 2 is 2.09 bits per heavy atom. The summed E-state index contributed by atoms with van der Waals surface area (Å²) in [5.41, 5.74) is -0.0621. The van der Waals surface area contributed by atoms with Crippen molar-refractivity contribution < 1.29 is 19.0 Å². The molecule has 128 valence electrons. The topological polar surface area (TPSA) is 58.6 Å². The van der Waals surface area contributed by atoms with Crippen LogP contribution in [0.5, 0.6) is 0 Å². The molecule has 0 spiro atoms. The van der Waals surface area contributed by atoms with Gasteiger partial charge in [-0.1, -0.05) is 26.0 Å². The van der Waals surface area contributed by atoms with Crippen LogP contribution in [0.4, 0.5) is 4.39 Å². The number of carbonyl (C=O) groups is 1. The molecule has 1 saturated heterocycles. The van der Waals surface area contributed by atoms with Crippen LogP contribution in [0.1, 0.15) is 38.7 Å². The first-order chi connectivity index (χ1) is 11.0. The zero-order valence-corrected chi connectivity index (χ0v) is 13.8. The molecule has 5 heteroatoms. The summed E-state index contributed by atoms with van der Waals surface area (Å²) in [5, 5.41) is 12.3. The van der Waals surface area contributed by atoms with Crippen LogP contribution >= 0.6 is 0 Å². The highest BCUT2D eigenvalue weighted by Crippen LogP contribution is 2.36. The van der Waals surface area contributed by atoms with Gasteiger partial charge < -0.3 is 15.2 Å². The van der Waals surface area contributed by atoms with Crippen LogP contribution < -0.4 is 5.32 Å². The number of amides is 1. The van der Waals surface area contributed by atoms with E-state index in [1.54, 1.807) is 6.07 Å². The number of nitrogens with one attached hydrogen (secondary N) is 1. The number of hydrogen-bond donors (Lipinski definition) is 2. The van der Waals surface area contributed by atoms with Gasteiger partial charge in [-0.3, -0.25) is 4.79 Å². The molecule has 0 aliphatic carbocycles. The molecule has 0 saturated carbocycles. The molecule has 23 heavy (non-hydrogen) atoms. The van der Waals surface area contributed by atoms with E-state index in [0.717, 1.165) is 0 Å². The van der Waals surface area contributed by atoms with E-state index in [4.69, 9.17) is 4.74 Å². The van der Waals surface area contributed by atoms with Crippen molar-refractivity contribution in [2.24, 2.45) is 5.92 Å². The minimum Gasteiger partial charge on any atom is -0.396 e. The Morgan fingerprint density at radius 3 is 2.65 bits per heavy atom. The summed E-state index contributed by atoms with van der Waals surface area (Å²) in [6, 6.07) is 6.19. The standard InChI is InChI=1S/C18H26FNO3/c1-13(2)16(6-9-21)20-17(22)18(7-10-23-11-8-18)14-4-3-5-15(19)12-14/h3-5,12-13,16,21H,6-11H2,1-2H3,(H,20,22). The quantitative estimate of drug-likeness (QED) is 0.845. The Bertz CT molecular complexity index is 527. The van der Waals surface area contributed by atoms with Crippen molar-refractivity contribution in [3.8, 4) is 0 Å². The first-order valence-corrected chi connectivity index (χ1v) is 8.25. The van der Waals surface area contributed by atoms with Crippen molar-refractivity contribution in [2.75, 3.05) is 19.8 Å². The molecule has 1 aromatic rings. The first-order valence-electron chi connectivity index (χ1n) is 8.25. The van der Waals surface area contributed by atoms with Gasteiger partial charge in [-0.05, 0) is 42.9 Å². The van der Waals surface area contributed by atoms with Crippen LogP contribution in [0.2, 0.25) is 0 Å². The summed E-state index contributed by atoms with van der Waals surface area (Å²) in [5.74, 6) is -0.217. The maximum atomic E-state index is 13.7. The highest BCUT2D eigenvalue weighted by Gasteiger charge is 2.42. The molecular weight excluding hydrogens is 297 g/mol. The SMILES string of the molecule is CC(C)C(CCO)NC(=O)C1(c2cccc(F)c2)CCOCC1. The van der Waals surface area contributed by atoms with Gasteiger partial charge in [0.05, 0.1) is 5.41 Å². The van der Waals surface area contributed by atoms with Crippen molar-refractivity contribution >= 4 is 5.91 Å². The van der Waals surface area contributed by atoms with E-state index in [0.29, 0.717) is 38.0 Å². The summed E-state index contributed by atoms with van der Waals surface area (Å²) in [6.45, 7) is 5.02. The van der Waals surface area contributed by atoms with Gasteiger partial charge in [0.1, 0.15) is 5.82 Å². The fraction of sp³-hybridized carbons (Fsp3) is 0.611. The third kappa shape index (κ3) is 4.09. The average molecular weight is 323 g/mol. The third-order valence-electron chi connectivity index (χ3n) is 4.72. The van der Waals surface area contributed by atoms with Crippen molar-refractivity contribution in [3.05, 3.63) is 35.6 Å². The summed E-state index contributed by atoms with van der Waals surface area (Å²) in [6.07, 6.45) is 1.58. The lowest BCUT2D eigenvalue weighted by Crippen LogP contribution is -2.52. The molecule has 0 aromatic heterocycles. The number of aliphatic hydroxyl groups is 1. The van der Waals surface area contributed by atoms with Gasteiger partial charge in [-0.25, -0.2) is 4.39 Å². The molecule has 1 atom stereocenters. The van der Waals surface area contributed by atoms with Crippen molar-refractivity contribution in [2.45, 2.75) is 44.6 Å². The molecule has 1 fully saturated rings. The molecule has 1 unspecified atom stereocenters. The van der Waals surface area contributed by atoms with Crippen LogP contribution in [0, 0.1) is 11.7 Å². The number of halogens is 1. The number of hydrogen-bond acceptors (Lipinski definition) is 3. The summed E-state index contributed by atoms with van der Waals surface area (Å²) in [7, 11) is 0. The Morgan fingerprint density at radius 1 is 1.39 bits per heavy atom. The smallest absolute Gasteiger partial charge is 0.231 e. The maximum absolute atomic E-state index is 13.7. The van der Waals surface area contributed by atoms with Crippen LogP contribution in [0.15, 0.2) is 24.3 Å². The second-order valence-corrected chi connectivity index (χ2v) is 6.54. The van der Waals surface area contributed by atoms with Gasteiger partial charge in [-0.2, -0.15) is 0 Å². The molecular formula is C18H26FNO3. The Balaban J connectivity index is 2.29. The number of ether oxygens (including phenoxy) is 1. The molecule has 1 amide bonds. The van der Waals surface area contributed by atoms with Gasteiger partial charge >= 0.3 is 0 Å². The molecule has 4 nitrogen and oxygen atoms in total. The highest BCUT2D eigenvalue weighted by molar-refractivity contribution is 5.88. The molecule has 1 aliphatic heterocycles. The number of aliphatic hydroxyl groups excluding tert-OH is 1. The first kappa shape index (κ1) is 17.9. The van der Waals surface area contributed by atoms with E-state index in [1.165, 1.54) is 12.1 Å². The molecule has 0 bridgehead atoms. The van der Waals surface area contributed by atoms with Crippen molar-refractivity contribution in [1.82, 2.24) is 5.32 Å². The lowest BCUT2D eigenvalue weighted by molar-refractivity contribution is -0.131. The zero-order chi connectivity index (χ0) is 16.9. The van der Waals surface area contributed by atoms with Gasteiger partial charge in [0.2, 0.25) is 5.91 Å². The predicted octanol–water partition coefficient (Wildman–Crippen LogP) is 2.40. The number of benzene rings is 1. The highest BCUT2D eigenvalue weighted by atomic mass is 19.1. The van der Waals surface area contributed by atoms with Gasteiger partial charge in [0.15, 0.2) is 0 Å². The number of rotatable bonds is 6. The van der Waals surface area contributed by atoms with E-state index < -0.39 is 5.41 Å². The van der Waals surface area contributed by atoms with Crippen molar-refractivity contribution in [1.29, 1.82) is 0 Å². The summed E-state index contributed by atoms with van der Waals surface area (Å²) >= 11 is 0. The summed E-state index contributed by atoms with van der Waals surface area (Å²) < 4.78 is 19.1. The Hall–Kier alpha value is -1.46. The van der Waals surface area contributed by atoms with E-state index >= 15 is 0 Å². The minimum atomic E-state index is -0.761.